The summed E-state index contributed by atoms with van der Waals surface area (Å²) in [6, 6.07) is 7.81. The van der Waals surface area contributed by atoms with Crippen LogP contribution in [0.2, 0.25) is 0 Å². The van der Waals surface area contributed by atoms with Crippen molar-refractivity contribution in [2.45, 2.75) is 31.8 Å². The zero-order valence-corrected chi connectivity index (χ0v) is 13.1. The van der Waals surface area contributed by atoms with Crippen LogP contribution >= 0.6 is 11.8 Å². The average Bonchev–Trinajstić information content (AvgIpc) is 2.87. The van der Waals surface area contributed by atoms with Crippen LogP contribution in [0.3, 0.4) is 0 Å². The number of rotatable bonds is 6. The van der Waals surface area contributed by atoms with E-state index in [9.17, 15) is 4.79 Å². The quantitative estimate of drug-likeness (QED) is 0.881. The lowest BCUT2D eigenvalue weighted by molar-refractivity contribution is -0.137. The smallest absolute Gasteiger partial charge is 0.316 e. The first kappa shape index (κ1) is 15.6. The Kier molecular flexibility index (Phi) is 5.01. The van der Waals surface area contributed by atoms with E-state index in [0.29, 0.717) is 17.5 Å². The number of nitrogens with zero attached hydrogens (tertiary/aromatic N) is 2. The lowest BCUT2D eigenvalue weighted by Gasteiger charge is -2.14. The number of carboxylic acids is 1. The van der Waals surface area contributed by atoms with E-state index in [1.165, 1.54) is 11.8 Å². The first-order valence-corrected chi connectivity index (χ1v) is 7.76. The first-order chi connectivity index (χ1) is 9.97. The molecule has 1 unspecified atom stereocenters. The minimum atomic E-state index is -0.808. The van der Waals surface area contributed by atoms with Crippen molar-refractivity contribution in [2.75, 3.05) is 0 Å². The fourth-order valence-electron chi connectivity index (χ4n) is 1.84. The van der Waals surface area contributed by atoms with Gasteiger partial charge in [-0.25, -0.2) is 0 Å². The molecule has 0 amide bonds. The number of hydrogen-bond donors (Lipinski definition) is 1. The summed E-state index contributed by atoms with van der Waals surface area (Å²) in [7, 11) is 0. The van der Waals surface area contributed by atoms with E-state index in [-0.39, 0.29) is 5.92 Å². The molecule has 0 aliphatic rings. The van der Waals surface area contributed by atoms with Gasteiger partial charge in [0.15, 0.2) is 5.82 Å². The molecule has 0 saturated heterocycles. The van der Waals surface area contributed by atoms with Gasteiger partial charge < -0.3 is 9.63 Å². The van der Waals surface area contributed by atoms with Crippen LogP contribution in [-0.2, 0) is 10.5 Å². The highest BCUT2D eigenvalue weighted by Gasteiger charge is 2.22. The highest BCUT2D eigenvalue weighted by atomic mass is 32.2. The van der Waals surface area contributed by atoms with E-state index in [4.69, 9.17) is 9.63 Å². The molecule has 1 heterocycles. The Morgan fingerprint density at radius 1 is 1.33 bits per heavy atom. The molecule has 6 heteroatoms. The monoisotopic (exact) mass is 306 g/mol. The number of aryl methyl sites for hydroxylation is 1. The molecule has 1 aromatic carbocycles. The molecule has 0 radical (unpaired) electrons. The summed E-state index contributed by atoms with van der Waals surface area (Å²) < 4.78 is 5.22. The minimum Gasteiger partial charge on any atom is -0.480 e. The third kappa shape index (κ3) is 4.07. The van der Waals surface area contributed by atoms with E-state index in [0.717, 1.165) is 11.1 Å². The van der Waals surface area contributed by atoms with Gasteiger partial charge in [0, 0.05) is 5.56 Å². The SMILES string of the molecule is Cc1ccc(-c2nc(CSC(C(=O)O)C(C)C)no2)cc1. The number of thioether (sulfide) groups is 1. The molecule has 0 saturated carbocycles. The summed E-state index contributed by atoms with van der Waals surface area (Å²) in [6.45, 7) is 5.79. The zero-order chi connectivity index (χ0) is 15.4. The summed E-state index contributed by atoms with van der Waals surface area (Å²) in [6.07, 6.45) is 0. The summed E-state index contributed by atoms with van der Waals surface area (Å²) in [5.41, 5.74) is 2.03. The Bertz CT molecular complexity index is 608. The van der Waals surface area contributed by atoms with Gasteiger partial charge in [0.2, 0.25) is 0 Å². The van der Waals surface area contributed by atoms with E-state index < -0.39 is 11.2 Å². The average molecular weight is 306 g/mol. The van der Waals surface area contributed by atoms with Crippen LogP contribution in [0, 0.1) is 12.8 Å². The van der Waals surface area contributed by atoms with Gasteiger partial charge in [0.1, 0.15) is 5.25 Å². The van der Waals surface area contributed by atoms with E-state index in [1.54, 1.807) is 0 Å². The van der Waals surface area contributed by atoms with Crippen molar-refractivity contribution in [1.82, 2.24) is 10.1 Å². The lowest BCUT2D eigenvalue weighted by Crippen LogP contribution is -2.22. The van der Waals surface area contributed by atoms with Crippen LogP contribution in [0.15, 0.2) is 28.8 Å². The van der Waals surface area contributed by atoms with Crippen LogP contribution in [0.25, 0.3) is 11.5 Å². The van der Waals surface area contributed by atoms with Gasteiger partial charge in [-0.05, 0) is 25.0 Å². The molecule has 0 fully saturated rings. The van der Waals surface area contributed by atoms with Gasteiger partial charge in [0.05, 0.1) is 5.75 Å². The molecule has 21 heavy (non-hydrogen) atoms. The standard InChI is InChI=1S/C15H18N2O3S/c1-9(2)13(15(18)19)21-8-12-16-14(20-17-12)11-6-4-10(3)5-7-11/h4-7,9,13H,8H2,1-3H3,(H,18,19). The molecule has 0 spiro atoms. The Labute approximate surface area is 127 Å². The minimum absolute atomic E-state index is 0.0518. The number of carbonyl (C=O) groups is 1. The van der Waals surface area contributed by atoms with Gasteiger partial charge in [-0.2, -0.15) is 4.98 Å². The second kappa shape index (κ2) is 6.76. The molecule has 0 bridgehead atoms. The first-order valence-electron chi connectivity index (χ1n) is 6.71. The summed E-state index contributed by atoms with van der Waals surface area (Å²) in [5, 5.41) is 12.6. The molecule has 2 aromatic rings. The van der Waals surface area contributed by atoms with Crippen molar-refractivity contribution in [3.05, 3.63) is 35.7 Å². The highest BCUT2D eigenvalue weighted by molar-refractivity contribution is 7.99. The third-order valence-electron chi connectivity index (χ3n) is 3.01. The van der Waals surface area contributed by atoms with Crippen LogP contribution in [0.4, 0.5) is 0 Å². The van der Waals surface area contributed by atoms with Crippen molar-refractivity contribution < 1.29 is 14.4 Å². The summed E-state index contributed by atoms with van der Waals surface area (Å²) >= 11 is 1.32. The second-order valence-corrected chi connectivity index (χ2v) is 6.33. The predicted octanol–water partition coefficient (Wildman–Crippen LogP) is 3.39. The van der Waals surface area contributed by atoms with Gasteiger partial charge in [-0.15, -0.1) is 11.8 Å². The van der Waals surface area contributed by atoms with Gasteiger partial charge in [0.25, 0.3) is 5.89 Å². The lowest BCUT2D eigenvalue weighted by atomic mass is 10.1. The molecule has 1 atom stereocenters. The van der Waals surface area contributed by atoms with Crippen LogP contribution < -0.4 is 0 Å². The molecule has 0 aliphatic heterocycles. The van der Waals surface area contributed by atoms with Gasteiger partial charge in [-0.1, -0.05) is 36.7 Å². The Balaban J connectivity index is 2.03. The normalized spacial score (nSPS) is 12.6. The molecule has 112 valence electrons. The summed E-state index contributed by atoms with van der Waals surface area (Å²) in [4.78, 5) is 15.4. The number of carboxylic acid groups (broad SMARTS) is 1. The van der Waals surface area contributed by atoms with Crippen molar-refractivity contribution in [1.29, 1.82) is 0 Å². The summed E-state index contributed by atoms with van der Waals surface area (Å²) in [5.74, 6) is 0.641. The third-order valence-corrected chi connectivity index (χ3v) is 4.54. The van der Waals surface area contributed by atoms with Crippen LogP contribution in [0.5, 0.6) is 0 Å². The largest absolute Gasteiger partial charge is 0.480 e. The van der Waals surface area contributed by atoms with Crippen molar-refractivity contribution in [2.24, 2.45) is 5.92 Å². The maximum Gasteiger partial charge on any atom is 0.316 e. The highest BCUT2D eigenvalue weighted by Crippen LogP contribution is 2.24. The maximum atomic E-state index is 11.1. The molecule has 2 rings (SSSR count). The van der Waals surface area contributed by atoms with E-state index in [2.05, 4.69) is 10.1 Å². The second-order valence-electron chi connectivity index (χ2n) is 5.20. The predicted molar refractivity (Wildman–Crippen MR) is 82.0 cm³/mol. The number of aliphatic carboxylic acids is 1. The molecule has 5 nitrogen and oxygen atoms in total. The number of aromatic nitrogens is 2. The van der Waals surface area contributed by atoms with Gasteiger partial charge in [-0.3, -0.25) is 4.79 Å². The topological polar surface area (TPSA) is 76.2 Å². The molecule has 0 aliphatic carbocycles. The van der Waals surface area contributed by atoms with Crippen molar-refractivity contribution >= 4 is 17.7 Å². The van der Waals surface area contributed by atoms with E-state index >= 15 is 0 Å². The van der Waals surface area contributed by atoms with Crippen LogP contribution in [0.1, 0.15) is 25.2 Å². The van der Waals surface area contributed by atoms with Gasteiger partial charge >= 0.3 is 5.97 Å². The Morgan fingerprint density at radius 3 is 2.57 bits per heavy atom. The van der Waals surface area contributed by atoms with Crippen molar-refractivity contribution in [3.63, 3.8) is 0 Å². The maximum absolute atomic E-state index is 11.1. The molecule has 1 N–H and O–H groups in total. The number of benzene rings is 1. The fourth-order valence-corrected chi connectivity index (χ4v) is 2.81. The van der Waals surface area contributed by atoms with E-state index in [1.807, 2.05) is 45.0 Å². The van der Waals surface area contributed by atoms with Crippen LogP contribution in [-0.4, -0.2) is 26.5 Å². The molecular formula is C15H18N2O3S. The molecule has 1 aromatic heterocycles. The Morgan fingerprint density at radius 2 is 2.00 bits per heavy atom. The molecular weight excluding hydrogens is 288 g/mol. The Hall–Kier alpha value is -1.82. The van der Waals surface area contributed by atoms with Crippen molar-refractivity contribution in [3.8, 4) is 11.5 Å². The zero-order valence-electron chi connectivity index (χ0n) is 12.2. The number of hydrogen-bond acceptors (Lipinski definition) is 5. The fraction of sp³-hybridized carbons (Fsp3) is 0.400.